The van der Waals surface area contributed by atoms with E-state index in [0.717, 1.165) is 32.0 Å². The highest BCUT2D eigenvalue weighted by Gasteiger charge is 2.29. The molecule has 1 atom stereocenters. The number of aromatic nitrogens is 3. The zero-order valence-electron chi connectivity index (χ0n) is 19.1. The largest absolute Gasteiger partial charge is 0.348 e. The van der Waals surface area contributed by atoms with Crippen molar-refractivity contribution in [2.24, 2.45) is 0 Å². The number of amides is 1. The van der Waals surface area contributed by atoms with Gasteiger partial charge in [0.2, 0.25) is 0 Å². The van der Waals surface area contributed by atoms with Crippen molar-refractivity contribution in [3.05, 3.63) is 101 Å². The summed E-state index contributed by atoms with van der Waals surface area (Å²) >= 11 is 0. The van der Waals surface area contributed by atoms with Gasteiger partial charge in [0.05, 0.1) is 11.6 Å². The number of nitrogens with zero attached hydrogens (tertiary/aromatic N) is 5. The van der Waals surface area contributed by atoms with Crippen molar-refractivity contribution in [3.8, 4) is 0 Å². The van der Waals surface area contributed by atoms with E-state index in [-0.39, 0.29) is 24.3 Å². The van der Waals surface area contributed by atoms with Gasteiger partial charge < -0.3 is 5.32 Å². The number of benzene rings is 2. The standard InChI is InChI=1S/C26H27FN6O/c1-31-12-13-32(16-19-6-3-2-4-7-19)18-23(31)25-30-29-24-11-10-21(17-33(24)25)26(34)28-15-20-8-5-9-22(27)14-20/h2-11,14,17,23H,12-13,15-16,18H2,1H3,(H,28,34)/t23-/m1/s1. The Hall–Kier alpha value is -3.62. The maximum absolute atomic E-state index is 13.4. The summed E-state index contributed by atoms with van der Waals surface area (Å²) in [6, 6.07) is 20.3. The molecule has 1 N–H and O–H groups in total. The molecular weight excluding hydrogens is 431 g/mol. The van der Waals surface area contributed by atoms with E-state index in [1.165, 1.54) is 17.7 Å². The molecule has 2 aromatic carbocycles. The van der Waals surface area contributed by atoms with E-state index >= 15 is 0 Å². The predicted molar refractivity (Wildman–Crippen MR) is 128 cm³/mol. The highest BCUT2D eigenvalue weighted by atomic mass is 19.1. The third-order valence-corrected chi connectivity index (χ3v) is 6.31. The Balaban J connectivity index is 1.34. The van der Waals surface area contributed by atoms with Gasteiger partial charge in [-0.2, -0.15) is 0 Å². The van der Waals surface area contributed by atoms with Crippen LogP contribution in [0.2, 0.25) is 0 Å². The fourth-order valence-electron chi connectivity index (χ4n) is 4.40. The van der Waals surface area contributed by atoms with Gasteiger partial charge in [0.25, 0.3) is 5.91 Å². The van der Waals surface area contributed by atoms with Crippen LogP contribution < -0.4 is 5.32 Å². The number of hydrogen-bond acceptors (Lipinski definition) is 5. The number of pyridine rings is 1. The van der Waals surface area contributed by atoms with Gasteiger partial charge in [-0.05, 0) is 42.4 Å². The molecule has 4 aromatic rings. The van der Waals surface area contributed by atoms with Crippen LogP contribution >= 0.6 is 0 Å². The second kappa shape index (κ2) is 9.70. The minimum absolute atomic E-state index is 0.0538. The third kappa shape index (κ3) is 4.83. The lowest BCUT2D eigenvalue weighted by atomic mass is 10.1. The Morgan fingerprint density at radius 2 is 1.85 bits per heavy atom. The third-order valence-electron chi connectivity index (χ3n) is 6.31. The lowest BCUT2D eigenvalue weighted by Gasteiger charge is -2.38. The van der Waals surface area contributed by atoms with Gasteiger partial charge in [0.1, 0.15) is 5.82 Å². The molecule has 34 heavy (non-hydrogen) atoms. The summed E-state index contributed by atoms with van der Waals surface area (Å²) in [7, 11) is 2.10. The molecule has 1 fully saturated rings. The SMILES string of the molecule is CN1CCN(Cc2ccccc2)C[C@@H]1c1nnc2ccc(C(=O)NCc3cccc(F)c3)cn12. The van der Waals surface area contributed by atoms with Gasteiger partial charge in [0.15, 0.2) is 11.5 Å². The van der Waals surface area contributed by atoms with Gasteiger partial charge in [-0.1, -0.05) is 42.5 Å². The quantitative estimate of drug-likeness (QED) is 0.480. The maximum atomic E-state index is 13.4. The first-order valence-corrected chi connectivity index (χ1v) is 11.4. The van der Waals surface area contributed by atoms with Crippen molar-refractivity contribution in [1.29, 1.82) is 0 Å². The molecule has 1 aliphatic rings. The molecule has 0 saturated carbocycles. The highest BCUT2D eigenvalue weighted by molar-refractivity contribution is 5.94. The average Bonchev–Trinajstić information content (AvgIpc) is 3.27. The van der Waals surface area contributed by atoms with Crippen LogP contribution in [0.25, 0.3) is 5.65 Å². The molecule has 3 heterocycles. The Labute approximate surface area is 197 Å². The van der Waals surface area contributed by atoms with Crippen molar-refractivity contribution in [2.45, 2.75) is 19.1 Å². The minimum Gasteiger partial charge on any atom is -0.348 e. The molecule has 0 aliphatic carbocycles. The van der Waals surface area contributed by atoms with E-state index < -0.39 is 0 Å². The molecule has 5 rings (SSSR count). The number of hydrogen-bond donors (Lipinski definition) is 1. The van der Waals surface area contributed by atoms with Crippen LogP contribution in [-0.2, 0) is 13.1 Å². The molecule has 2 aromatic heterocycles. The predicted octanol–water partition coefficient (Wildman–Crippen LogP) is 3.29. The van der Waals surface area contributed by atoms with Crippen LogP contribution in [0.5, 0.6) is 0 Å². The molecule has 0 radical (unpaired) electrons. The lowest BCUT2D eigenvalue weighted by Crippen LogP contribution is -2.46. The molecule has 174 valence electrons. The smallest absolute Gasteiger partial charge is 0.253 e. The number of fused-ring (bicyclic) bond motifs is 1. The molecule has 7 nitrogen and oxygen atoms in total. The summed E-state index contributed by atoms with van der Waals surface area (Å²) < 4.78 is 15.3. The van der Waals surface area contributed by atoms with Gasteiger partial charge in [-0.15, -0.1) is 10.2 Å². The van der Waals surface area contributed by atoms with E-state index in [1.807, 2.05) is 10.5 Å². The Bertz CT molecular complexity index is 1290. The van der Waals surface area contributed by atoms with Gasteiger partial charge in [-0.3, -0.25) is 19.0 Å². The number of carbonyl (C=O) groups excluding carboxylic acids is 1. The number of likely N-dealkylation sites (N-methyl/N-ethyl adjacent to an activating group) is 1. The lowest BCUT2D eigenvalue weighted by molar-refractivity contribution is 0.0852. The first-order valence-electron chi connectivity index (χ1n) is 11.4. The van der Waals surface area contributed by atoms with Crippen molar-refractivity contribution in [1.82, 2.24) is 29.7 Å². The maximum Gasteiger partial charge on any atom is 0.253 e. The summed E-state index contributed by atoms with van der Waals surface area (Å²) in [5.74, 6) is 0.267. The Morgan fingerprint density at radius 3 is 2.68 bits per heavy atom. The first-order chi connectivity index (χ1) is 16.6. The molecule has 0 spiro atoms. The summed E-state index contributed by atoms with van der Waals surface area (Å²) in [6.07, 6.45) is 1.79. The molecule has 1 amide bonds. The Kier molecular flexibility index (Phi) is 6.33. The highest BCUT2D eigenvalue weighted by Crippen LogP contribution is 2.24. The Morgan fingerprint density at radius 1 is 1.03 bits per heavy atom. The number of rotatable bonds is 6. The molecule has 0 unspecified atom stereocenters. The van der Waals surface area contributed by atoms with E-state index in [4.69, 9.17) is 0 Å². The van der Waals surface area contributed by atoms with Gasteiger partial charge in [-0.25, -0.2) is 4.39 Å². The second-order valence-corrected chi connectivity index (χ2v) is 8.73. The average molecular weight is 459 g/mol. The van der Waals surface area contributed by atoms with E-state index in [0.29, 0.717) is 16.8 Å². The molecular formula is C26H27FN6O. The van der Waals surface area contributed by atoms with Crippen molar-refractivity contribution in [3.63, 3.8) is 0 Å². The number of nitrogens with one attached hydrogen (secondary N) is 1. The molecule has 0 bridgehead atoms. The molecule has 8 heteroatoms. The number of piperazine rings is 1. The van der Waals surface area contributed by atoms with Crippen molar-refractivity contribution in [2.75, 3.05) is 26.7 Å². The minimum atomic E-state index is -0.319. The van der Waals surface area contributed by atoms with Crippen LogP contribution in [-0.4, -0.2) is 57.0 Å². The monoisotopic (exact) mass is 458 g/mol. The van der Waals surface area contributed by atoms with Crippen LogP contribution in [0.3, 0.4) is 0 Å². The van der Waals surface area contributed by atoms with Crippen molar-refractivity contribution >= 4 is 11.6 Å². The van der Waals surface area contributed by atoms with E-state index in [9.17, 15) is 9.18 Å². The summed E-state index contributed by atoms with van der Waals surface area (Å²) in [6.45, 7) is 3.86. The topological polar surface area (TPSA) is 65.8 Å². The van der Waals surface area contributed by atoms with Crippen LogP contribution in [0.15, 0.2) is 72.9 Å². The van der Waals surface area contributed by atoms with Crippen LogP contribution in [0.4, 0.5) is 4.39 Å². The fourth-order valence-corrected chi connectivity index (χ4v) is 4.40. The van der Waals surface area contributed by atoms with Gasteiger partial charge in [0, 0.05) is 38.9 Å². The summed E-state index contributed by atoms with van der Waals surface area (Å²) in [5.41, 5.74) is 3.20. The zero-order valence-corrected chi connectivity index (χ0v) is 19.1. The van der Waals surface area contributed by atoms with Crippen molar-refractivity contribution < 1.29 is 9.18 Å². The van der Waals surface area contributed by atoms with Crippen LogP contribution in [0, 0.1) is 5.82 Å². The van der Waals surface area contributed by atoms with Crippen LogP contribution in [0.1, 0.15) is 33.4 Å². The first kappa shape index (κ1) is 22.2. The van der Waals surface area contributed by atoms with Gasteiger partial charge >= 0.3 is 0 Å². The number of halogens is 1. The molecule has 1 saturated heterocycles. The number of carbonyl (C=O) groups is 1. The molecule has 1 aliphatic heterocycles. The fraction of sp³-hybridized carbons (Fsp3) is 0.269. The summed E-state index contributed by atoms with van der Waals surface area (Å²) in [5, 5.41) is 11.7. The van der Waals surface area contributed by atoms with E-state index in [1.54, 1.807) is 30.5 Å². The summed E-state index contributed by atoms with van der Waals surface area (Å²) in [4.78, 5) is 17.5. The zero-order chi connectivity index (χ0) is 23.5. The second-order valence-electron chi connectivity index (χ2n) is 8.73. The normalized spacial score (nSPS) is 17.2. The van der Waals surface area contributed by atoms with E-state index in [2.05, 4.69) is 56.6 Å².